The van der Waals surface area contributed by atoms with Crippen LogP contribution < -0.4 is 15.8 Å². The maximum Gasteiger partial charge on any atom is 0.277 e. The van der Waals surface area contributed by atoms with Gasteiger partial charge in [-0.15, -0.1) is 11.3 Å². The van der Waals surface area contributed by atoms with E-state index in [0.29, 0.717) is 22.7 Å². The largest absolute Gasteiger partial charge is 0.349 e. The molecule has 2 atom stereocenters. The van der Waals surface area contributed by atoms with Crippen LogP contribution in [-0.2, 0) is 4.79 Å². The van der Waals surface area contributed by atoms with E-state index in [0.717, 1.165) is 36.2 Å². The van der Waals surface area contributed by atoms with E-state index in [1.54, 1.807) is 17.0 Å². The Morgan fingerprint density at radius 3 is 2.79 bits per heavy atom. The van der Waals surface area contributed by atoms with Crippen LogP contribution in [-0.4, -0.2) is 33.5 Å². The van der Waals surface area contributed by atoms with Crippen LogP contribution in [0.5, 0.6) is 0 Å². The zero-order chi connectivity index (χ0) is 23.7. The SMILES string of the molecule is Cc1ccc(-n2c(N3CCC[C@H](C(=O)N[C@@H](C)c4cccnc4)C3)nc3ccsc3c2=O)cc1. The number of fused-ring (bicyclic) bond motifs is 1. The van der Waals surface area contributed by atoms with Gasteiger partial charge in [0.25, 0.3) is 5.56 Å². The van der Waals surface area contributed by atoms with E-state index < -0.39 is 0 Å². The molecule has 1 N–H and O–H groups in total. The lowest BCUT2D eigenvalue weighted by molar-refractivity contribution is -0.125. The van der Waals surface area contributed by atoms with Gasteiger partial charge in [0.1, 0.15) is 4.70 Å². The van der Waals surface area contributed by atoms with Gasteiger partial charge in [0.05, 0.1) is 23.2 Å². The summed E-state index contributed by atoms with van der Waals surface area (Å²) in [5, 5.41) is 5.03. The van der Waals surface area contributed by atoms with E-state index in [4.69, 9.17) is 4.98 Å². The number of carbonyl (C=O) groups is 1. The van der Waals surface area contributed by atoms with Crippen molar-refractivity contribution >= 4 is 33.4 Å². The molecule has 1 aromatic carbocycles. The molecule has 8 heteroatoms. The lowest BCUT2D eigenvalue weighted by Crippen LogP contribution is -2.45. The van der Waals surface area contributed by atoms with Gasteiger partial charge >= 0.3 is 0 Å². The van der Waals surface area contributed by atoms with E-state index in [1.807, 2.05) is 61.7 Å². The molecule has 0 spiro atoms. The fourth-order valence-corrected chi connectivity index (χ4v) is 5.22. The molecular weight excluding hydrogens is 446 g/mol. The average molecular weight is 474 g/mol. The van der Waals surface area contributed by atoms with E-state index in [9.17, 15) is 9.59 Å². The fourth-order valence-electron chi connectivity index (χ4n) is 4.46. The predicted octanol–water partition coefficient (Wildman–Crippen LogP) is 4.24. The lowest BCUT2D eigenvalue weighted by Gasteiger charge is -2.34. The number of hydrogen-bond donors (Lipinski definition) is 1. The van der Waals surface area contributed by atoms with Gasteiger partial charge in [0.2, 0.25) is 11.9 Å². The molecule has 1 saturated heterocycles. The molecule has 0 saturated carbocycles. The first-order valence-electron chi connectivity index (χ1n) is 11.5. The third kappa shape index (κ3) is 4.33. The van der Waals surface area contributed by atoms with Crippen LogP contribution in [0.3, 0.4) is 0 Å². The number of pyridine rings is 1. The van der Waals surface area contributed by atoms with Gasteiger partial charge in [0.15, 0.2) is 0 Å². The summed E-state index contributed by atoms with van der Waals surface area (Å²) in [5.74, 6) is 0.425. The minimum absolute atomic E-state index is 0.0156. The Hall–Kier alpha value is -3.52. The Morgan fingerprint density at radius 1 is 1.21 bits per heavy atom. The molecular formula is C26H27N5O2S. The Labute approximate surface area is 202 Å². The maximum absolute atomic E-state index is 13.5. The van der Waals surface area contributed by atoms with Crippen molar-refractivity contribution in [2.45, 2.75) is 32.7 Å². The van der Waals surface area contributed by atoms with Crippen LogP contribution in [0.25, 0.3) is 15.9 Å². The summed E-state index contributed by atoms with van der Waals surface area (Å²) in [7, 11) is 0. The molecule has 1 fully saturated rings. The highest BCUT2D eigenvalue weighted by molar-refractivity contribution is 7.17. The van der Waals surface area contributed by atoms with Crippen LogP contribution >= 0.6 is 11.3 Å². The zero-order valence-corrected chi connectivity index (χ0v) is 20.1. The van der Waals surface area contributed by atoms with Crippen molar-refractivity contribution in [3.8, 4) is 5.69 Å². The summed E-state index contributed by atoms with van der Waals surface area (Å²) >= 11 is 1.41. The highest BCUT2D eigenvalue weighted by Crippen LogP contribution is 2.27. The summed E-state index contributed by atoms with van der Waals surface area (Å²) < 4.78 is 2.33. The maximum atomic E-state index is 13.5. The molecule has 1 aliphatic rings. The first kappa shape index (κ1) is 22.3. The Balaban J connectivity index is 1.45. The Bertz CT molecular complexity index is 1360. The highest BCUT2D eigenvalue weighted by atomic mass is 32.1. The molecule has 34 heavy (non-hydrogen) atoms. The van der Waals surface area contributed by atoms with Gasteiger partial charge in [-0.2, -0.15) is 0 Å². The predicted molar refractivity (Wildman–Crippen MR) is 136 cm³/mol. The lowest BCUT2D eigenvalue weighted by atomic mass is 9.96. The van der Waals surface area contributed by atoms with E-state index in [1.165, 1.54) is 11.3 Å². The number of amides is 1. The second-order valence-electron chi connectivity index (χ2n) is 8.82. The van der Waals surface area contributed by atoms with Crippen LogP contribution in [0.15, 0.2) is 65.0 Å². The molecule has 4 heterocycles. The number of carbonyl (C=O) groups excluding carboxylic acids is 1. The van der Waals surface area contributed by atoms with Crippen LogP contribution in [0.4, 0.5) is 5.95 Å². The van der Waals surface area contributed by atoms with Crippen LogP contribution in [0, 0.1) is 12.8 Å². The van der Waals surface area contributed by atoms with Gasteiger partial charge in [0, 0.05) is 25.5 Å². The Kier molecular flexibility index (Phi) is 6.15. The average Bonchev–Trinajstić information content (AvgIpc) is 3.34. The molecule has 5 rings (SSSR count). The molecule has 0 bridgehead atoms. The minimum Gasteiger partial charge on any atom is -0.349 e. The normalized spacial score (nSPS) is 17.0. The number of benzene rings is 1. The van der Waals surface area contributed by atoms with Crippen molar-refractivity contribution in [3.63, 3.8) is 0 Å². The standard InChI is InChI=1S/C26H27N5O2S/c1-17-7-9-21(10-8-17)31-25(33)23-22(11-14-34-23)29-26(31)30-13-4-6-20(16-30)24(32)28-18(2)19-5-3-12-27-15-19/h3,5,7-12,14-15,18,20H,4,6,13,16H2,1-2H3,(H,28,32)/t18-,20-/m0/s1. The molecule has 174 valence electrons. The van der Waals surface area contributed by atoms with Crippen molar-refractivity contribution in [1.29, 1.82) is 0 Å². The fraction of sp³-hybridized carbons (Fsp3) is 0.308. The topological polar surface area (TPSA) is 80.1 Å². The van der Waals surface area contributed by atoms with Crippen molar-refractivity contribution in [1.82, 2.24) is 19.9 Å². The number of hydrogen-bond acceptors (Lipinski definition) is 6. The molecule has 1 amide bonds. The number of nitrogens with one attached hydrogen (secondary N) is 1. The summed E-state index contributed by atoms with van der Waals surface area (Å²) in [4.78, 5) is 37.7. The molecule has 7 nitrogen and oxygen atoms in total. The van der Waals surface area contributed by atoms with Crippen molar-refractivity contribution in [2.24, 2.45) is 5.92 Å². The molecule has 0 aliphatic carbocycles. The number of anilines is 1. The van der Waals surface area contributed by atoms with E-state index in [2.05, 4.69) is 15.2 Å². The van der Waals surface area contributed by atoms with Crippen molar-refractivity contribution < 1.29 is 4.79 Å². The number of thiophene rings is 1. The Morgan fingerprint density at radius 2 is 2.03 bits per heavy atom. The quantitative estimate of drug-likeness (QED) is 0.469. The number of nitrogens with zero attached hydrogens (tertiary/aromatic N) is 4. The molecule has 4 aromatic rings. The van der Waals surface area contributed by atoms with E-state index >= 15 is 0 Å². The molecule has 0 radical (unpaired) electrons. The first-order valence-corrected chi connectivity index (χ1v) is 12.4. The summed E-state index contributed by atoms with van der Waals surface area (Å²) in [5.41, 5.74) is 3.51. The van der Waals surface area contributed by atoms with Crippen molar-refractivity contribution in [3.05, 3.63) is 81.7 Å². The number of piperidine rings is 1. The third-order valence-corrected chi connectivity index (χ3v) is 7.26. The highest BCUT2D eigenvalue weighted by Gasteiger charge is 2.30. The zero-order valence-electron chi connectivity index (χ0n) is 19.3. The smallest absolute Gasteiger partial charge is 0.277 e. The van der Waals surface area contributed by atoms with Crippen molar-refractivity contribution in [2.75, 3.05) is 18.0 Å². The number of aryl methyl sites for hydroxylation is 1. The minimum atomic E-state index is -0.186. The first-order chi connectivity index (χ1) is 16.5. The third-order valence-electron chi connectivity index (χ3n) is 6.37. The van der Waals surface area contributed by atoms with Gasteiger partial charge in [-0.25, -0.2) is 9.55 Å². The monoisotopic (exact) mass is 473 g/mol. The second kappa shape index (κ2) is 9.38. The van der Waals surface area contributed by atoms with Gasteiger partial charge in [-0.05, 0) is 61.9 Å². The van der Waals surface area contributed by atoms with Gasteiger partial charge in [-0.1, -0.05) is 23.8 Å². The molecule has 3 aromatic heterocycles. The van der Waals surface area contributed by atoms with Crippen LogP contribution in [0.1, 0.15) is 36.9 Å². The number of aromatic nitrogens is 3. The van der Waals surface area contributed by atoms with Gasteiger partial charge < -0.3 is 10.2 Å². The summed E-state index contributed by atoms with van der Waals surface area (Å²) in [6.07, 6.45) is 5.16. The van der Waals surface area contributed by atoms with Crippen LogP contribution in [0.2, 0.25) is 0 Å². The molecule has 0 unspecified atom stereocenters. The number of rotatable bonds is 5. The van der Waals surface area contributed by atoms with E-state index in [-0.39, 0.29) is 23.4 Å². The summed E-state index contributed by atoms with van der Waals surface area (Å²) in [6, 6.07) is 13.5. The summed E-state index contributed by atoms with van der Waals surface area (Å²) in [6.45, 7) is 5.25. The second-order valence-corrected chi connectivity index (χ2v) is 9.74. The van der Waals surface area contributed by atoms with Gasteiger partial charge in [-0.3, -0.25) is 14.6 Å². The molecule has 1 aliphatic heterocycles.